The van der Waals surface area contributed by atoms with E-state index >= 15 is 0 Å². The first kappa shape index (κ1) is 16.1. The van der Waals surface area contributed by atoms with E-state index in [1.54, 1.807) is 23.5 Å². The Bertz CT molecular complexity index is 199. The lowest BCUT2D eigenvalue weighted by molar-refractivity contribution is -0.119. The van der Waals surface area contributed by atoms with Gasteiger partial charge in [0.15, 0.2) is 0 Å². The molecule has 0 saturated heterocycles. The highest BCUT2D eigenvalue weighted by molar-refractivity contribution is 8.01. The molecule has 0 unspecified atom stereocenters. The zero-order chi connectivity index (χ0) is 12.6. The summed E-state index contributed by atoms with van der Waals surface area (Å²) in [4.78, 5) is 11.6. The van der Waals surface area contributed by atoms with Crippen LogP contribution in [0.1, 0.15) is 27.2 Å². The summed E-state index contributed by atoms with van der Waals surface area (Å²) in [5.41, 5.74) is 0. The molecular weight excluding hydrogens is 242 g/mol. The maximum atomic E-state index is 11.6. The SMILES string of the molecule is CSC[C@@H](CCO)NC(=O)CSC(C)(C)C. The Labute approximate surface area is 107 Å². The van der Waals surface area contributed by atoms with Crippen molar-refractivity contribution in [2.24, 2.45) is 0 Å². The van der Waals surface area contributed by atoms with Crippen LogP contribution in [0.15, 0.2) is 0 Å². The maximum Gasteiger partial charge on any atom is 0.230 e. The van der Waals surface area contributed by atoms with E-state index in [0.29, 0.717) is 12.2 Å². The highest BCUT2D eigenvalue weighted by Gasteiger charge is 2.15. The third-order valence-electron chi connectivity index (χ3n) is 1.85. The van der Waals surface area contributed by atoms with E-state index in [0.717, 1.165) is 5.75 Å². The van der Waals surface area contributed by atoms with Crippen molar-refractivity contribution in [3.8, 4) is 0 Å². The van der Waals surface area contributed by atoms with Gasteiger partial charge in [-0.1, -0.05) is 20.8 Å². The van der Waals surface area contributed by atoms with Crippen LogP contribution in [0.4, 0.5) is 0 Å². The topological polar surface area (TPSA) is 49.3 Å². The zero-order valence-corrected chi connectivity index (χ0v) is 12.2. The molecule has 3 nitrogen and oxygen atoms in total. The number of aliphatic hydroxyl groups excluding tert-OH is 1. The standard InChI is InChI=1S/C11H23NO2S2/c1-11(2,3)16-8-10(14)12-9(5-6-13)7-15-4/h9,13H,5-8H2,1-4H3,(H,12,14)/t9-/m1/s1. The smallest absolute Gasteiger partial charge is 0.230 e. The van der Waals surface area contributed by atoms with Crippen molar-refractivity contribution < 1.29 is 9.90 Å². The van der Waals surface area contributed by atoms with Crippen molar-refractivity contribution in [2.45, 2.75) is 38.0 Å². The average molecular weight is 265 g/mol. The van der Waals surface area contributed by atoms with Crippen LogP contribution in [0.5, 0.6) is 0 Å². The first-order valence-electron chi connectivity index (χ1n) is 5.42. The van der Waals surface area contributed by atoms with E-state index in [1.807, 2.05) is 6.26 Å². The predicted octanol–water partition coefficient (Wildman–Crippen LogP) is 1.75. The molecule has 0 bridgehead atoms. The molecule has 0 aliphatic rings. The number of aliphatic hydroxyl groups is 1. The third kappa shape index (κ3) is 9.36. The summed E-state index contributed by atoms with van der Waals surface area (Å²) in [7, 11) is 0. The zero-order valence-electron chi connectivity index (χ0n) is 10.6. The van der Waals surface area contributed by atoms with Crippen molar-refractivity contribution in [1.82, 2.24) is 5.32 Å². The lowest BCUT2D eigenvalue weighted by Crippen LogP contribution is -2.38. The number of rotatable bonds is 7. The molecule has 0 aromatic heterocycles. The van der Waals surface area contributed by atoms with E-state index in [4.69, 9.17) is 5.11 Å². The van der Waals surface area contributed by atoms with E-state index in [1.165, 1.54) is 0 Å². The monoisotopic (exact) mass is 265 g/mol. The van der Waals surface area contributed by atoms with Crippen LogP contribution >= 0.6 is 23.5 Å². The van der Waals surface area contributed by atoms with Crippen molar-refractivity contribution in [2.75, 3.05) is 24.4 Å². The van der Waals surface area contributed by atoms with Gasteiger partial charge in [-0.3, -0.25) is 4.79 Å². The molecule has 96 valence electrons. The Balaban J connectivity index is 3.90. The minimum Gasteiger partial charge on any atom is -0.396 e. The minimum atomic E-state index is 0.0624. The van der Waals surface area contributed by atoms with E-state index in [-0.39, 0.29) is 23.3 Å². The number of hydrogen-bond donors (Lipinski definition) is 2. The van der Waals surface area contributed by atoms with Crippen molar-refractivity contribution >= 4 is 29.4 Å². The normalized spacial score (nSPS) is 13.6. The number of thioether (sulfide) groups is 2. The second-order valence-corrected chi connectivity index (χ2v) is 7.35. The number of hydrogen-bond acceptors (Lipinski definition) is 4. The fourth-order valence-electron chi connectivity index (χ4n) is 1.11. The molecule has 0 rings (SSSR count). The van der Waals surface area contributed by atoms with Crippen LogP contribution in [0.2, 0.25) is 0 Å². The summed E-state index contributed by atoms with van der Waals surface area (Å²) in [6.45, 7) is 6.41. The van der Waals surface area contributed by atoms with Crippen molar-refractivity contribution in [3.63, 3.8) is 0 Å². The fourth-order valence-corrected chi connectivity index (χ4v) is 2.41. The molecule has 0 aliphatic carbocycles. The van der Waals surface area contributed by atoms with Crippen molar-refractivity contribution in [1.29, 1.82) is 0 Å². The first-order valence-corrected chi connectivity index (χ1v) is 7.80. The molecule has 0 radical (unpaired) electrons. The molecule has 0 aromatic carbocycles. The van der Waals surface area contributed by atoms with Gasteiger partial charge in [-0.05, 0) is 12.7 Å². The molecule has 2 N–H and O–H groups in total. The third-order valence-corrected chi connectivity index (χ3v) is 3.86. The molecule has 5 heteroatoms. The van der Waals surface area contributed by atoms with Gasteiger partial charge in [-0.25, -0.2) is 0 Å². The molecule has 1 amide bonds. The van der Waals surface area contributed by atoms with Gasteiger partial charge >= 0.3 is 0 Å². The Morgan fingerprint density at radius 1 is 1.44 bits per heavy atom. The van der Waals surface area contributed by atoms with E-state index < -0.39 is 0 Å². The van der Waals surface area contributed by atoms with Gasteiger partial charge in [0, 0.05) is 23.1 Å². The van der Waals surface area contributed by atoms with Crippen LogP contribution in [-0.4, -0.2) is 46.2 Å². The van der Waals surface area contributed by atoms with Gasteiger partial charge in [0.05, 0.1) is 5.75 Å². The number of nitrogens with one attached hydrogen (secondary N) is 1. The van der Waals surface area contributed by atoms with E-state index in [2.05, 4.69) is 26.1 Å². The van der Waals surface area contributed by atoms with Gasteiger partial charge in [0.25, 0.3) is 0 Å². The second kappa shape index (κ2) is 8.25. The molecule has 0 fully saturated rings. The van der Waals surface area contributed by atoms with Gasteiger partial charge < -0.3 is 10.4 Å². The Kier molecular flexibility index (Phi) is 8.32. The molecule has 16 heavy (non-hydrogen) atoms. The molecule has 1 atom stereocenters. The lowest BCUT2D eigenvalue weighted by Gasteiger charge is -2.20. The quantitative estimate of drug-likeness (QED) is 0.736. The highest BCUT2D eigenvalue weighted by atomic mass is 32.2. The van der Waals surface area contributed by atoms with Crippen LogP contribution < -0.4 is 5.32 Å². The summed E-state index contributed by atoms with van der Waals surface area (Å²) in [5.74, 6) is 1.40. The van der Waals surface area contributed by atoms with Crippen LogP contribution in [-0.2, 0) is 4.79 Å². The Morgan fingerprint density at radius 2 is 2.06 bits per heavy atom. The second-order valence-electron chi connectivity index (χ2n) is 4.63. The summed E-state index contributed by atoms with van der Waals surface area (Å²) in [6.07, 6.45) is 2.63. The lowest BCUT2D eigenvalue weighted by atomic mass is 10.2. The van der Waals surface area contributed by atoms with Crippen LogP contribution in [0, 0.1) is 0 Å². The molecule has 0 heterocycles. The Hall–Kier alpha value is 0.130. The molecule has 0 spiro atoms. The van der Waals surface area contributed by atoms with Crippen molar-refractivity contribution in [3.05, 3.63) is 0 Å². The molecular formula is C11H23NO2S2. The summed E-state index contributed by atoms with van der Waals surface area (Å²) >= 11 is 3.32. The fraction of sp³-hybridized carbons (Fsp3) is 0.909. The maximum absolute atomic E-state index is 11.6. The largest absolute Gasteiger partial charge is 0.396 e. The van der Waals surface area contributed by atoms with Gasteiger partial charge in [-0.15, -0.1) is 11.8 Å². The van der Waals surface area contributed by atoms with Crippen LogP contribution in [0.3, 0.4) is 0 Å². The number of carbonyl (C=O) groups is 1. The summed E-state index contributed by atoms with van der Waals surface area (Å²) in [6, 6.07) is 0.0908. The first-order chi connectivity index (χ1) is 7.39. The summed E-state index contributed by atoms with van der Waals surface area (Å²) in [5, 5.41) is 11.8. The average Bonchev–Trinajstić information content (AvgIpc) is 2.14. The molecule has 0 aliphatic heterocycles. The van der Waals surface area contributed by atoms with Gasteiger partial charge in [0.2, 0.25) is 5.91 Å². The predicted molar refractivity (Wildman–Crippen MR) is 74.2 cm³/mol. The molecule has 0 aromatic rings. The summed E-state index contributed by atoms with van der Waals surface area (Å²) < 4.78 is 0.114. The number of carbonyl (C=O) groups excluding carboxylic acids is 1. The van der Waals surface area contributed by atoms with Gasteiger partial charge in [0.1, 0.15) is 0 Å². The van der Waals surface area contributed by atoms with Gasteiger partial charge in [-0.2, -0.15) is 11.8 Å². The Morgan fingerprint density at radius 3 is 2.50 bits per heavy atom. The number of amides is 1. The van der Waals surface area contributed by atoms with Crippen LogP contribution in [0.25, 0.3) is 0 Å². The molecule has 0 saturated carbocycles. The highest BCUT2D eigenvalue weighted by Crippen LogP contribution is 2.22. The van der Waals surface area contributed by atoms with E-state index in [9.17, 15) is 4.79 Å². The minimum absolute atomic E-state index is 0.0624.